The van der Waals surface area contributed by atoms with Gasteiger partial charge in [0, 0.05) is 5.69 Å². The molecule has 9 heteroatoms. The number of amides is 2. The van der Waals surface area contributed by atoms with Gasteiger partial charge in [-0.3, -0.25) is 14.9 Å². The minimum absolute atomic E-state index is 0.108. The first-order valence-electron chi connectivity index (χ1n) is 8.11. The van der Waals surface area contributed by atoms with Gasteiger partial charge in [-0.2, -0.15) is 0 Å². The van der Waals surface area contributed by atoms with Gasteiger partial charge >= 0.3 is 0 Å². The number of nitrogens with one attached hydrogen (secondary N) is 2. The lowest BCUT2D eigenvalue weighted by atomic mass is 10.1. The van der Waals surface area contributed by atoms with Crippen LogP contribution in [-0.4, -0.2) is 27.8 Å². The zero-order valence-corrected chi connectivity index (χ0v) is 17.5. The van der Waals surface area contributed by atoms with Gasteiger partial charge in [-0.1, -0.05) is 35.2 Å². The Morgan fingerprint density at radius 2 is 1.96 bits per heavy atom. The van der Waals surface area contributed by atoms with E-state index in [1.807, 2.05) is 50.4 Å². The molecule has 1 aromatic carbocycles. The number of nitrogens with zero attached hydrogens (tertiary/aromatic N) is 2. The van der Waals surface area contributed by atoms with E-state index in [0.717, 1.165) is 22.4 Å². The summed E-state index contributed by atoms with van der Waals surface area (Å²) in [4.78, 5) is 24.9. The molecule has 2 aromatic heterocycles. The number of rotatable bonds is 6. The highest BCUT2D eigenvalue weighted by Gasteiger charge is 2.13. The molecule has 2 amide bonds. The molecular weight excluding hydrogens is 400 g/mol. The minimum Gasteiger partial charge on any atom is -0.325 e. The Balaban J connectivity index is 1.52. The number of thiophene rings is 1. The molecule has 0 radical (unpaired) electrons. The third-order valence-electron chi connectivity index (χ3n) is 3.79. The van der Waals surface area contributed by atoms with Crippen molar-refractivity contribution in [1.82, 2.24) is 10.2 Å². The van der Waals surface area contributed by atoms with Crippen molar-refractivity contribution in [3.8, 4) is 0 Å². The van der Waals surface area contributed by atoms with Crippen molar-refractivity contribution in [1.29, 1.82) is 0 Å². The molecule has 3 aromatic rings. The summed E-state index contributed by atoms with van der Waals surface area (Å²) in [7, 11) is 0. The summed E-state index contributed by atoms with van der Waals surface area (Å²) in [6.07, 6.45) is 0. The molecule has 2 N–H and O–H groups in total. The Bertz CT molecular complexity index is 981. The summed E-state index contributed by atoms with van der Waals surface area (Å²) in [5.74, 6) is -0.0860. The second-order valence-corrected chi connectivity index (χ2v) is 9.01. The quantitative estimate of drug-likeness (QED) is 0.455. The zero-order valence-electron chi connectivity index (χ0n) is 15.0. The third kappa shape index (κ3) is 5.15. The molecule has 0 aliphatic rings. The highest BCUT2D eigenvalue weighted by molar-refractivity contribution is 8.01. The predicted molar refractivity (Wildman–Crippen MR) is 112 cm³/mol. The summed E-state index contributed by atoms with van der Waals surface area (Å²) in [6.45, 7) is 5.93. The molecule has 27 heavy (non-hydrogen) atoms. The second kappa shape index (κ2) is 8.64. The molecule has 0 saturated heterocycles. The van der Waals surface area contributed by atoms with Gasteiger partial charge in [0.15, 0.2) is 4.34 Å². The number of anilines is 2. The lowest BCUT2D eigenvalue weighted by Crippen LogP contribution is -2.15. The third-order valence-corrected chi connectivity index (χ3v) is 6.81. The van der Waals surface area contributed by atoms with Gasteiger partial charge in [0.05, 0.1) is 10.6 Å². The molecule has 140 valence electrons. The number of carbonyl (C=O) groups is 2. The Kier molecular flexibility index (Phi) is 6.25. The molecule has 0 fully saturated rings. The van der Waals surface area contributed by atoms with Crippen molar-refractivity contribution >= 4 is 57.1 Å². The van der Waals surface area contributed by atoms with Crippen LogP contribution in [0.25, 0.3) is 0 Å². The molecule has 2 heterocycles. The Morgan fingerprint density at radius 1 is 1.15 bits per heavy atom. The number of thioether (sulfide) groups is 1. The normalized spacial score (nSPS) is 10.6. The van der Waals surface area contributed by atoms with E-state index in [9.17, 15) is 9.59 Å². The average molecular weight is 419 g/mol. The van der Waals surface area contributed by atoms with Crippen molar-refractivity contribution in [2.24, 2.45) is 0 Å². The molecular formula is C18H18N4O2S3. The molecule has 0 aliphatic heterocycles. The molecule has 0 bridgehead atoms. The van der Waals surface area contributed by atoms with Crippen LogP contribution in [0.15, 0.2) is 34.0 Å². The molecule has 3 rings (SSSR count). The van der Waals surface area contributed by atoms with Crippen LogP contribution < -0.4 is 10.6 Å². The van der Waals surface area contributed by atoms with E-state index < -0.39 is 0 Å². The lowest BCUT2D eigenvalue weighted by Gasteiger charge is -2.09. The van der Waals surface area contributed by atoms with Gasteiger partial charge in [-0.05, 0) is 55.0 Å². The van der Waals surface area contributed by atoms with E-state index in [4.69, 9.17) is 0 Å². The summed E-state index contributed by atoms with van der Waals surface area (Å²) in [5.41, 5.74) is 4.05. The maximum atomic E-state index is 12.2. The number of hydrogen-bond donors (Lipinski definition) is 2. The monoisotopic (exact) mass is 418 g/mol. The maximum absolute atomic E-state index is 12.2. The van der Waals surface area contributed by atoms with E-state index in [1.165, 1.54) is 34.4 Å². The van der Waals surface area contributed by atoms with E-state index >= 15 is 0 Å². The largest absolute Gasteiger partial charge is 0.325 e. The van der Waals surface area contributed by atoms with Crippen molar-refractivity contribution in [3.63, 3.8) is 0 Å². The van der Waals surface area contributed by atoms with Crippen LogP contribution in [0.5, 0.6) is 0 Å². The molecule has 0 unspecified atom stereocenters. The number of hydrogen-bond acceptors (Lipinski definition) is 7. The van der Waals surface area contributed by atoms with Crippen molar-refractivity contribution in [3.05, 3.63) is 51.2 Å². The number of benzene rings is 1. The van der Waals surface area contributed by atoms with Crippen LogP contribution in [-0.2, 0) is 4.79 Å². The highest BCUT2D eigenvalue weighted by atomic mass is 32.2. The maximum Gasteiger partial charge on any atom is 0.267 e. The SMILES string of the molecule is Cc1csc(C(=O)Nc2nnc(SCC(=O)Nc3cccc(C)c3C)s2)c1. The first-order valence-corrected chi connectivity index (χ1v) is 10.8. The van der Waals surface area contributed by atoms with Crippen LogP contribution in [0.3, 0.4) is 0 Å². The van der Waals surface area contributed by atoms with E-state index in [1.54, 1.807) is 0 Å². The molecule has 0 spiro atoms. The van der Waals surface area contributed by atoms with Gasteiger partial charge < -0.3 is 5.32 Å². The summed E-state index contributed by atoms with van der Waals surface area (Å²) in [5, 5.41) is 16.0. The number of carbonyl (C=O) groups excluding carboxylic acids is 2. The van der Waals surface area contributed by atoms with Gasteiger partial charge in [0.2, 0.25) is 11.0 Å². The smallest absolute Gasteiger partial charge is 0.267 e. The van der Waals surface area contributed by atoms with Gasteiger partial charge in [-0.15, -0.1) is 21.5 Å². The van der Waals surface area contributed by atoms with Gasteiger partial charge in [0.1, 0.15) is 0 Å². The summed E-state index contributed by atoms with van der Waals surface area (Å²) >= 11 is 3.93. The molecule has 6 nitrogen and oxygen atoms in total. The predicted octanol–water partition coefficient (Wildman–Crippen LogP) is 4.51. The van der Waals surface area contributed by atoms with Crippen LogP contribution in [0, 0.1) is 20.8 Å². The number of aromatic nitrogens is 2. The standard InChI is InChI=1S/C18H18N4O2S3/c1-10-7-14(25-8-10)16(24)20-17-21-22-18(27-17)26-9-15(23)19-13-6-4-5-11(2)12(13)3/h4-8H,9H2,1-3H3,(H,19,23)(H,20,21,24). The number of aryl methyl sites for hydroxylation is 2. The lowest BCUT2D eigenvalue weighted by molar-refractivity contribution is -0.113. The Morgan fingerprint density at radius 3 is 2.70 bits per heavy atom. The van der Waals surface area contributed by atoms with Crippen molar-refractivity contribution in [2.45, 2.75) is 25.1 Å². The van der Waals surface area contributed by atoms with Crippen LogP contribution in [0.4, 0.5) is 10.8 Å². The van der Waals surface area contributed by atoms with E-state index in [-0.39, 0.29) is 17.6 Å². The van der Waals surface area contributed by atoms with E-state index in [0.29, 0.717) is 14.3 Å². The molecule has 0 atom stereocenters. The van der Waals surface area contributed by atoms with Gasteiger partial charge in [-0.25, -0.2) is 0 Å². The first kappa shape index (κ1) is 19.5. The fourth-order valence-corrected chi connectivity index (χ4v) is 4.57. The van der Waals surface area contributed by atoms with Crippen LogP contribution in [0.2, 0.25) is 0 Å². The Labute approximate surface area is 169 Å². The average Bonchev–Trinajstić information content (AvgIpc) is 3.26. The Hall–Kier alpha value is -2.23. The van der Waals surface area contributed by atoms with Gasteiger partial charge in [0.25, 0.3) is 5.91 Å². The van der Waals surface area contributed by atoms with Crippen molar-refractivity contribution in [2.75, 3.05) is 16.4 Å². The molecule has 0 aliphatic carbocycles. The fraction of sp³-hybridized carbons (Fsp3) is 0.222. The molecule has 0 saturated carbocycles. The highest BCUT2D eigenvalue weighted by Crippen LogP contribution is 2.27. The summed E-state index contributed by atoms with van der Waals surface area (Å²) < 4.78 is 0.628. The van der Waals surface area contributed by atoms with Crippen LogP contribution in [0.1, 0.15) is 26.4 Å². The minimum atomic E-state index is -0.200. The first-order chi connectivity index (χ1) is 12.9. The fourth-order valence-electron chi connectivity index (χ4n) is 2.23. The zero-order chi connectivity index (χ0) is 19.4. The topological polar surface area (TPSA) is 84.0 Å². The van der Waals surface area contributed by atoms with Crippen molar-refractivity contribution < 1.29 is 9.59 Å². The summed E-state index contributed by atoms with van der Waals surface area (Å²) in [6, 6.07) is 7.64. The second-order valence-electron chi connectivity index (χ2n) is 5.90. The van der Waals surface area contributed by atoms with E-state index in [2.05, 4.69) is 20.8 Å². The van der Waals surface area contributed by atoms with Crippen LogP contribution >= 0.6 is 34.4 Å².